The number of aromatic nitrogens is 3. The Kier molecular flexibility index (Phi) is 2.47. The Morgan fingerprint density at radius 3 is 3.14 bits per heavy atom. The molecule has 0 bridgehead atoms. The fourth-order valence-electron chi connectivity index (χ4n) is 1.60. The SMILES string of the molecule is CC(C(N)=S)N1CCn2cnnc2C1. The van der Waals surface area contributed by atoms with E-state index in [1.54, 1.807) is 6.33 Å². The molecule has 0 fully saturated rings. The second kappa shape index (κ2) is 3.62. The van der Waals surface area contributed by atoms with E-state index in [0.717, 1.165) is 25.5 Å². The van der Waals surface area contributed by atoms with Gasteiger partial charge in [0.2, 0.25) is 0 Å². The number of thiocarbonyl (C=S) groups is 1. The number of fused-ring (bicyclic) bond motifs is 1. The fourth-order valence-corrected chi connectivity index (χ4v) is 1.74. The Morgan fingerprint density at radius 2 is 2.43 bits per heavy atom. The molecule has 0 amide bonds. The van der Waals surface area contributed by atoms with Gasteiger partial charge in [0, 0.05) is 13.1 Å². The zero-order valence-corrected chi connectivity index (χ0v) is 8.87. The van der Waals surface area contributed by atoms with Crippen LogP contribution in [0, 0.1) is 0 Å². The van der Waals surface area contributed by atoms with Crippen LogP contribution in [0.15, 0.2) is 6.33 Å². The summed E-state index contributed by atoms with van der Waals surface area (Å²) in [5.74, 6) is 0.986. The quantitative estimate of drug-likeness (QED) is 0.685. The summed E-state index contributed by atoms with van der Waals surface area (Å²) >= 11 is 4.97. The maximum Gasteiger partial charge on any atom is 0.147 e. The van der Waals surface area contributed by atoms with Gasteiger partial charge in [-0.25, -0.2) is 0 Å². The predicted molar refractivity (Wildman–Crippen MR) is 56.7 cm³/mol. The van der Waals surface area contributed by atoms with Gasteiger partial charge in [-0.15, -0.1) is 10.2 Å². The van der Waals surface area contributed by atoms with Crippen LogP contribution in [0.25, 0.3) is 0 Å². The standard InChI is InChI=1S/C8H13N5S/c1-6(8(9)14)12-2-3-13-5-10-11-7(13)4-12/h5-6H,2-4H2,1H3,(H2,9,14). The van der Waals surface area contributed by atoms with Gasteiger partial charge in [0.05, 0.1) is 17.6 Å². The first-order chi connectivity index (χ1) is 6.68. The Hall–Kier alpha value is -1.01. The van der Waals surface area contributed by atoms with Gasteiger partial charge in [0.25, 0.3) is 0 Å². The van der Waals surface area contributed by atoms with Crippen molar-refractivity contribution in [3.05, 3.63) is 12.2 Å². The summed E-state index contributed by atoms with van der Waals surface area (Å²) in [7, 11) is 0. The highest BCUT2D eigenvalue weighted by Crippen LogP contribution is 2.12. The lowest BCUT2D eigenvalue weighted by atomic mass is 10.2. The first-order valence-electron chi connectivity index (χ1n) is 4.58. The minimum absolute atomic E-state index is 0.135. The van der Waals surface area contributed by atoms with Crippen molar-refractivity contribution in [3.8, 4) is 0 Å². The van der Waals surface area contributed by atoms with E-state index in [0.29, 0.717) is 4.99 Å². The third kappa shape index (κ3) is 1.62. The van der Waals surface area contributed by atoms with Crippen LogP contribution in [-0.4, -0.2) is 37.2 Å². The van der Waals surface area contributed by atoms with Crippen molar-refractivity contribution in [1.29, 1.82) is 0 Å². The van der Waals surface area contributed by atoms with E-state index < -0.39 is 0 Å². The summed E-state index contributed by atoms with van der Waals surface area (Å²) in [5, 5.41) is 7.90. The summed E-state index contributed by atoms with van der Waals surface area (Å²) in [5.41, 5.74) is 5.61. The average molecular weight is 211 g/mol. The molecule has 1 aromatic heterocycles. The molecule has 1 unspecified atom stereocenters. The molecule has 0 spiro atoms. The van der Waals surface area contributed by atoms with Crippen LogP contribution in [-0.2, 0) is 13.1 Å². The maximum atomic E-state index is 5.61. The molecule has 6 heteroatoms. The van der Waals surface area contributed by atoms with Crippen LogP contribution in [0.3, 0.4) is 0 Å². The highest BCUT2D eigenvalue weighted by molar-refractivity contribution is 7.80. The number of nitrogens with two attached hydrogens (primary N) is 1. The van der Waals surface area contributed by atoms with Crippen molar-refractivity contribution in [2.75, 3.05) is 6.54 Å². The molecule has 2 heterocycles. The predicted octanol–water partition coefficient (Wildman–Crippen LogP) is -0.232. The summed E-state index contributed by atoms with van der Waals surface area (Å²) in [6, 6.07) is 0.135. The van der Waals surface area contributed by atoms with Gasteiger partial charge in [0.1, 0.15) is 12.2 Å². The molecule has 14 heavy (non-hydrogen) atoms. The summed E-state index contributed by atoms with van der Waals surface area (Å²) in [6.07, 6.45) is 1.76. The van der Waals surface area contributed by atoms with E-state index in [4.69, 9.17) is 18.0 Å². The lowest BCUT2D eigenvalue weighted by Crippen LogP contribution is -2.45. The Bertz CT molecular complexity index is 347. The number of hydrogen-bond acceptors (Lipinski definition) is 4. The van der Waals surface area contributed by atoms with E-state index in [1.807, 2.05) is 6.92 Å². The van der Waals surface area contributed by atoms with Crippen LogP contribution in [0.2, 0.25) is 0 Å². The lowest BCUT2D eigenvalue weighted by Gasteiger charge is -2.31. The highest BCUT2D eigenvalue weighted by Gasteiger charge is 2.22. The second-order valence-electron chi connectivity index (χ2n) is 3.49. The third-order valence-electron chi connectivity index (χ3n) is 2.63. The van der Waals surface area contributed by atoms with Crippen LogP contribution in [0.5, 0.6) is 0 Å². The molecular weight excluding hydrogens is 198 g/mol. The Morgan fingerprint density at radius 1 is 1.64 bits per heavy atom. The van der Waals surface area contributed by atoms with Gasteiger partial charge in [-0.3, -0.25) is 4.90 Å². The van der Waals surface area contributed by atoms with Crippen molar-refractivity contribution in [2.45, 2.75) is 26.1 Å². The van der Waals surface area contributed by atoms with E-state index in [9.17, 15) is 0 Å². The zero-order valence-electron chi connectivity index (χ0n) is 8.05. The van der Waals surface area contributed by atoms with E-state index in [-0.39, 0.29) is 6.04 Å². The number of rotatable bonds is 2. The first-order valence-corrected chi connectivity index (χ1v) is 4.99. The topological polar surface area (TPSA) is 60.0 Å². The van der Waals surface area contributed by atoms with E-state index in [2.05, 4.69) is 19.7 Å². The molecule has 0 aromatic carbocycles. The van der Waals surface area contributed by atoms with Crippen molar-refractivity contribution in [3.63, 3.8) is 0 Å². The molecule has 2 rings (SSSR count). The van der Waals surface area contributed by atoms with Gasteiger partial charge in [-0.1, -0.05) is 12.2 Å². The molecule has 1 aromatic rings. The molecule has 1 aliphatic heterocycles. The third-order valence-corrected chi connectivity index (χ3v) is 2.97. The minimum atomic E-state index is 0.135. The smallest absolute Gasteiger partial charge is 0.147 e. The Labute approximate surface area is 87.9 Å². The van der Waals surface area contributed by atoms with Gasteiger partial charge < -0.3 is 10.3 Å². The minimum Gasteiger partial charge on any atom is -0.392 e. The molecule has 0 radical (unpaired) electrons. The van der Waals surface area contributed by atoms with Gasteiger partial charge >= 0.3 is 0 Å². The first kappa shape index (κ1) is 9.54. The lowest BCUT2D eigenvalue weighted by molar-refractivity contribution is 0.200. The van der Waals surface area contributed by atoms with Crippen LogP contribution < -0.4 is 5.73 Å². The van der Waals surface area contributed by atoms with Crippen LogP contribution >= 0.6 is 12.2 Å². The molecule has 2 N–H and O–H groups in total. The maximum absolute atomic E-state index is 5.61. The van der Waals surface area contributed by atoms with Crippen molar-refractivity contribution in [1.82, 2.24) is 19.7 Å². The average Bonchev–Trinajstić information content (AvgIpc) is 2.62. The van der Waals surface area contributed by atoms with Gasteiger partial charge in [-0.2, -0.15) is 0 Å². The second-order valence-corrected chi connectivity index (χ2v) is 3.96. The Balaban J connectivity index is 2.11. The number of nitrogens with zero attached hydrogens (tertiary/aromatic N) is 4. The summed E-state index contributed by atoms with van der Waals surface area (Å²) in [4.78, 5) is 2.75. The highest BCUT2D eigenvalue weighted by atomic mass is 32.1. The molecule has 1 aliphatic rings. The van der Waals surface area contributed by atoms with E-state index >= 15 is 0 Å². The molecule has 76 valence electrons. The van der Waals surface area contributed by atoms with Crippen molar-refractivity contribution in [2.24, 2.45) is 5.73 Å². The number of hydrogen-bond donors (Lipinski definition) is 1. The van der Waals surface area contributed by atoms with E-state index in [1.165, 1.54) is 0 Å². The molecule has 0 aliphatic carbocycles. The van der Waals surface area contributed by atoms with Crippen LogP contribution in [0.1, 0.15) is 12.7 Å². The fraction of sp³-hybridized carbons (Fsp3) is 0.625. The summed E-state index contributed by atoms with van der Waals surface area (Å²) in [6.45, 7) is 4.66. The molecular formula is C8H13N5S. The van der Waals surface area contributed by atoms with Gasteiger partial charge in [0.15, 0.2) is 0 Å². The monoisotopic (exact) mass is 211 g/mol. The normalized spacial score (nSPS) is 18.9. The molecule has 1 atom stereocenters. The van der Waals surface area contributed by atoms with Crippen molar-refractivity contribution < 1.29 is 0 Å². The molecule has 0 saturated heterocycles. The zero-order chi connectivity index (χ0) is 10.1. The largest absolute Gasteiger partial charge is 0.392 e. The molecule has 0 saturated carbocycles. The van der Waals surface area contributed by atoms with Gasteiger partial charge in [-0.05, 0) is 6.92 Å². The summed E-state index contributed by atoms with van der Waals surface area (Å²) < 4.78 is 2.06. The molecule has 5 nitrogen and oxygen atoms in total. The van der Waals surface area contributed by atoms with Crippen LogP contribution in [0.4, 0.5) is 0 Å². The van der Waals surface area contributed by atoms with Crippen molar-refractivity contribution >= 4 is 17.2 Å².